The number of ether oxygens (including phenoxy) is 1. The summed E-state index contributed by atoms with van der Waals surface area (Å²) in [5.74, 6) is 0.555. The van der Waals surface area contributed by atoms with E-state index in [-0.39, 0.29) is 11.6 Å². The van der Waals surface area contributed by atoms with E-state index in [4.69, 9.17) is 4.74 Å². The van der Waals surface area contributed by atoms with E-state index in [0.29, 0.717) is 29.2 Å². The smallest absolute Gasteiger partial charge is 0.297 e. The Morgan fingerprint density at radius 1 is 1.35 bits per heavy atom. The lowest BCUT2D eigenvalue weighted by atomic mass is 10.3. The molecule has 3 rings (SSSR count). The van der Waals surface area contributed by atoms with Gasteiger partial charge in [0.1, 0.15) is 4.60 Å². The summed E-state index contributed by atoms with van der Waals surface area (Å²) in [5.41, 5.74) is 0.885. The summed E-state index contributed by atoms with van der Waals surface area (Å²) in [6.45, 7) is 5.09. The molecule has 8 nitrogen and oxygen atoms in total. The number of halogens is 1. The Balaban J connectivity index is 2.19. The fraction of sp³-hybridized carbons (Fsp3) is 0.429. The molecule has 0 amide bonds. The van der Waals surface area contributed by atoms with Gasteiger partial charge >= 0.3 is 0 Å². The molecule has 0 spiro atoms. The fourth-order valence-corrected chi connectivity index (χ4v) is 2.72. The number of rotatable bonds is 5. The third kappa shape index (κ3) is 2.81. The molecule has 0 atom stereocenters. The number of hydrogen-bond acceptors (Lipinski definition) is 5. The Bertz CT molecular complexity index is 894. The van der Waals surface area contributed by atoms with Gasteiger partial charge in [-0.3, -0.25) is 14.0 Å². The molecule has 23 heavy (non-hydrogen) atoms. The topological polar surface area (TPSA) is 79.2 Å². The third-order valence-electron chi connectivity index (χ3n) is 3.46. The molecule has 0 aliphatic rings. The second-order valence-corrected chi connectivity index (χ2v) is 6.21. The lowest BCUT2D eigenvalue weighted by molar-refractivity contribution is 0.183. The van der Waals surface area contributed by atoms with Gasteiger partial charge in [-0.1, -0.05) is 0 Å². The Labute approximate surface area is 140 Å². The van der Waals surface area contributed by atoms with Gasteiger partial charge in [0.05, 0.1) is 31.1 Å². The van der Waals surface area contributed by atoms with Crippen molar-refractivity contribution in [2.75, 3.05) is 13.7 Å². The van der Waals surface area contributed by atoms with Gasteiger partial charge in [-0.25, -0.2) is 4.98 Å². The molecule has 0 aliphatic carbocycles. The molecule has 0 saturated heterocycles. The SMILES string of the molecule is COCCn1cc(-c2nn3c(Br)cnc3c(=O)n2C(C)C)cn1. The molecule has 3 aromatic heterocycles. The van der Waals surface area contributed by atoms with E-state index in [2.05, 4.69) is 31.1 Å². The summed E-state index contributed by atoms with van der Waals surface area (Å²) < 4.78 is 10.6. The van der Waals surface area contributed by atoms with Gasteiger partial charge in [0.25, 0.3) is 5.56 Å². The van der Waals surface area contributed by atoms with Crippen LogP contribution >= 0.6 is 15.9 Å². The predicted octanol–water partition coefficient (Wildman–Crippen LogP) is 1.74. The first kappa shape index (κ1) is 15.9. The van der Waals surface area contributed by atoms with E-state index in [0.717, 1.165) is 5.56 Å². The van der Waals surface area contributed by atoms with Crippen LogP contribution in [0.5, 0.6) is 0 Å². The van der Waals surface area contributed by atoms with E-state index in [1.165, 1.54) is 4.52 Å². The highest BCUT2D eigenvalue weighted by Crippen LogP contribution is 2.20. The molecule has 0 aliphatic heterocycles. The van der Waals surface area contributed by atoms with E-state index in [1.807, 2.05) is 20.0 Å². The number of aromatic nitrogens is 6. The monoisotopic (exact) mass is 380 g/mol. The molecule has 0 saturated carbocycles. The van der Waals surface area contributed by atoms with Crippen LogP contribution in [0.2, 0.25) is 0 Å². The molecule has 0 radical (unpaired) electrons. The fourth-order valence-electron chi connectivity index (χ4n) is 2.37. The van der Waals surface area contributed by atoms with Crippen molar-refractivity contribution in [2.24, 2.45) is 0 Å². The summed E-state index contributed by atoms with van der Waals surface area (Å²) in [4.78, 5) is 16.9. The molecule has 0 fully saturated rings. The molecule has 0 aromatic carbocycles. The summed E-state index contributed by atoms with van der Waals surface area (Å²) in [6.07, 6.45) is 5.13. The minimum Gasteiger partial charge on any atom is -0.383 e. The van der Waals surface area contributed by atoms with Crippen LogP contribution in [0.3, 0.4) is 0 Å². The maximum Gasteiger partial charge on any atom is 0.297 e. The molecular formula is C14H17BrN6O2. The van der Waals surface area contributed by atoms with Crippen molar-refractivity contribution in [3.05, 3.63) is 33.5 Å². The van der Waals surface area contributed by atoms with Gasteiger partial charge in [0.2, 0.25) is 5.65 Å². The average molecular weight is 381 g/mol. The Hall–Kier alpha value is -2.00. The molecular weight excluding hydrogens is 364 g/mol. The third-order valence-corrected chi connectivity index (χ3v) is 4.00. The van der Waals surface area contributed by atoms with Crippen LogP contribution < -0.4 is 5.56 Å². The average Bonchev–Trinajstić information content (AvgIpc) is 3.12. The molecule has 0 N–H and O–H groups in total. The predicted molar refractivity (Wildman–Crippen MR) is 88.4 cm³/mol. The van der Waals surface area contributed by atoms with Crippen LogP contribution in [-0.2, 0) is 11.3 Å². The molecule has 0 bridgehead atoms. The molecule has 0 unspecified atom stereocenters. The molecule has 3 aromatic rings. The number of methoxy groups -OCH3 is 1. The quantitative estimate of drug-likeness (QED) is 0.673. The number of hydrogen-bond donors (Lipinski definition) is 0. The second kappa shape index (κ2) is 6.25. The number of fused-ring (bicyclic) bond motifs is 1. The minimum absolute atomic E-state index is 0.0483. The van der Waals surface area contributed by atoms with E-state index in [9.17, 15) is 4.79 Å². The standard InChI is InChI=1S/C14H17BrN6O2/c1-9(2)20-12(10-6-17-19(8-10)4-5-23-3)18-21-11(15)7-16-13(21)14(20)22/h6-9H,4-5H2,1-3H3. The summed E-state index contributed by atoms with van der Waals surface area (Å²) in [6, 6.07) is -0.0483. The number of imidazole rings is 1. The maximum absolute atomic E-state index is 12.7. The molecule has 3 heterocycles. The first-order valence-electron chi connectivity index (χ1n) is 7.20. The zero-order chi connectivity index (χ0) is 16.6. The lowest BCUT2D eigenvalue weighted by Gasteiger charge is -2.14. The Kier molecular flexibility index (Phi) is 4.31. The van der Waals surface area contributed by atoms with Crippen molar-refractivity contribution >= 4 is 21.6 Å². The van der Waals surface area contributed by atoms with E-state index in [1.54, 1.807) is 28.8 Å². The zero-order valence-corrected chi connectivity index (χ0v) is 14.7. The minimum atomic E-state index is -0.180. The highest BCUT2D eigenvalue weighted by Gasteiger charge is 2.18. The van der Waals surface area contributed by atoms with Gasteiger partial charge in [-0.05, 0) is 29.8 Å². The first-order chi connectivity index (χ1) is 11.0. The second-order valence-electron chi connectivity index (χ2n) is 5.39. The molecule has 9 heteroatoms. The zero-order valence-electron chi connectivity index (χ0n) is 13.1. The summed E-state index contributed by atoms with van der Waals surface area (Å²) in [5, 5.41) is 8.86. The normalized spacial score (nSPS) is 11.7. The number of nitrogens with zero attached hydrogens (tertiary/aromatic N) is 6. The molecule has 122 valence electrons. The van der Waals surface area contributed by atoms with Crippen molar-refractivity contribution < 1.29 is 4.74 Å². The van der Waals surface area contributed by atoms with Crippen LogP contribution in [0.15, 0.2) is 28.0 Å². The highest BCUT2D eigenvalue weighted by molar-refractivity contribution is 9.10. The van der Waals surface area contributed by atoms with Gasteiger partial charge in [-0.15, -0.1) is 5.10 Å². The van der Waals surface area contributed by atoms with Crippen molar-refractivity contribution in [2.45, 2.75) is 26.4 Å². The Morgan fingerprint density at radius 2 is 2.13 bits per heavy atom. The summed E-state index contributed by atoms with van der Waals surface area (Å²) in [7, 11) is 1.65. The Morgan fingerprint density at radius 3 is 2.83 bits per heavy atom. The van der Waals surface area contributed by atoms with Crippen molar-refractivity contribution in [3.63, 3.8) is 0 Å². The lowest BCUT2D eigenvalue weighted by Crippen LogP contribution is -2.27. The van der Waals surface area contributed by atoms with Gasteiger partial charge in [0.15, 0.2) is 5.82 Å². The maximum atomic E-state index is 12.7. The van der Waals surface area contributed by atoms with Crippen LogP contribution in [0.1, 0.15) is 19.9 Å². The van der Waals surface area contributed by atoms with Crippen molar-refractivity contribution in [1.82, 2.24) is 28.9 Å². The van der Waals surface area contributed by atoms with Crippen LogP contribution in [0.4, 0.5) is 0 Å². The van der Waals surface area contributed by atoms with Gasteiger partial charge in [-0.2, -0.15) is 9.61 Å². The summed E-state index contributed by atoms with van der Waals surface area (Å²) >= 11 is 3.36. The van der Waals surface area contributed by atoms with Gasteiger partial charge in [0, 0.05) is 19.3 Å². The van der Waals surface area contributed by atoms with Gasteiger partial charge < -0.3 is 4.74 Å². The van der Waals surface area contributed by atoms with Crippen molar-refractivity contribution in [1.29, 1.82) is 0 Å². The largest absolute Gasteiger partial charge is 0.383 e. The van der Waals surface area contributed by atoms with Crippen LogP contribution in [0.25, 0.3) is 17.0 Å². The van der Waals surface area contributed by atoms with Crippen LogP contribution in [0, 0.1) is 0 Å². The highest BCUT2D eigenvalue weighted by atomic mass is 79.9. The van der Waals surface area contributed by atoms with Crippen LogP contribution in [-0.4, -0.2) is 42.7 Å². The van der Waals surface area contributed by atoms with E-state index >= 15 is 0 Å². The van der Waals surface area contributed by atoms with Crippen molar-refractivity contribution in [3.8, 4) is 11.4 Å². The first-order valence-corrected chi connectivity index (χ1v) is 7.99. The van der Waals surface area contributed by atoms with E-state index < -0.39 is 0 Å².